The molecule has 1 heterocycles. The maximum absolute atomic E-state index is 11.1. The van der Waals surface area contributed by atoms with Crippen LogP contribution in [0.3, 0.4) is 0 Å². The van der Waals surface area contributed by atoms with Gasteiger partial charge in [0.25, 0.3) is 5.91 Å². The van der Waals surface area contributed by atoms with E-state index in [9.17, 15) is 4.79 Å². The number of ether oxygens (including phenoxy) is 1. The fraction of sp³-hybridized carbons (Fsp3) is 0.0833. The molecule has 0 radical (unpaired) electrons. The Labute approximate surface area is 93.2 Å². The minimum absolute atomic E-state index is 0.346. The monoisotopic (exact) mass is 216 g/mol. The van der Waals surface area contributed by atoms with Crippen molar-refractivity contribution in [2.45, 2.75) is 0 Å². The topological polar surface area (TPSA) is 78.3 Å². The van der Waals surface area contributed by atoms with E-state index in [0.29, 0.717) is 17.9 Å². The Bertz CT molecular complexity index is 490. The summed E-state index contributed by atoms with van der Waals surface area (Å²) in [5.74, 6) is -0.518. The third-order valence-electron chi connectivity index (χ3n) is 2.43. The zero-order chi connectivity index (χ0) is 11.5. The molecule has 0 aliphatic carbocycles. The molecule has 1 aliphatic heterocycles. The third-order valence-corrected chi connectivity index (χ3v) is 2.43. The van der Waals surface area contributed by atoms with Gasteiger partial charge in [0.2, 0.25) is 0 Å². The van der Waals surface area contributed by atoms with Crippen LogP contribution in [0, 0.1) is 0 Å². The van der Waals surface area contributed by atoms with Gasteiger partial charge >= 0.3 is 0 Å². The standard InChI is InChI=1S/C12H12N2O2/c13-11-9(8-4-6-16-7-5-8)2-1-3-10(11)12(14)15/h1-6H,7,13H2,(H2,14,15). The van der Waals surface area contributed by atoms with Crippen LogP contribution >= 0.6 is 0 Å². The van der Waals surface area contributed by atoms with E-state index in [2.05, 4.69) is 0 Å². The number of allylic oxidation sites excluding steroid dienone is 2. The van der Waals surface area contributed by atoms with Crippen LogP contribution in [0.4, 0.5) is 5.69 Å². The number of rotatable bonds is 2. The van der Waals surface area contributed by atoms with Crippen LogP contribution in [-0.4, -0.2) is 12.5 Å². The molecule has 2 rings (SSSR count). The predicted octanol–water partition coefficient (Wildman–Crippen LogP) is 1.30. The van der Waals surface area contributed by atoms with Gasteiger partial charge < -0.3 is 16.2 Å². The summed E-state index contributed by atoms with van der Waals surface area (Å²) in [6, 6.07) is 5.23. The first-order valence-corrected chi connectivity index (χ1v) is 4.87. The first kappa shape index (κ1) is 10.3. The molecule has 0 aromatic heterocycles. The molecule has 1 aromatic rings. The first-order valence-electron chi connectivity index (χ1n) is 4.87. The van der Waals surface area contributed by atoms with Gasteiger partial charge in [0.1, 0.15) is 6.61 Å². The van der Waals surface area contributed by atoms with E-state index in [1.54, 1.807) is 24.5 Å². The average Bonchev–Trinajstić information content (AvgIpc) is 2.30. The average molecular weight is 216 g/mol. The minimum Gasteiger partial charge on any atom is -0.497 e. The van der Waals surface area contributed by atoms with Gasteiger partial charge in [0, 0.05) is 5.56 Å². The van der Waals surface area contributed by atoms with Gasteiger partial charge in [0.15, 0.2) is 0 Å². The minimum atomic E-state index is -0.518. The molecule has 1 aromatic carbocycles. The lowest BCUT2D eigenvalue weighted by Crippen LogP contribution is -2.14. The molecule has 0 atom stereocenters. The van der Waals surface area contributed by atoms with Crippen LogP contribution in [0.2, 0.25) is 0 Å². The molecular formula is C12H12N2O2. The summed E-state index contributed by atoms with van der Waals surface area (Å²) in [7, 11) is 0. The van der Waals surface area contributed by atoms with Gasteiger partial charge in [-0.05, 0) is 23.8 Å². The number of para-hydroxylation sites is 1. The highest BCUT2D eigenvalue weighted by Gasteiger charge is 2.11. The van der Waals surface area contributed by atoms with Crippen LogP contribution in [0.5, 0.6) is 0 Å². The highest BCUT2D eigenvalue weighted by atomic mass is 16.5. The Morgan fingerprint density at radius 1 is 1.38 bits per heavy atom. The summed E-state index contributed by atoms with van der Waals surface area (Å²) in [6.07, 6.45) is 5.31. The number of nitrogen functional groups attached to an aromatic ring is 1. The van der Waals surface area contributed by atoms with Crippen molar-refractivity contribution in [1.82, 2.24) is 0 Å². The van der Waals surface area contributed by atoms with E-state index in [-0.39, 0.29) is 0 Å². The summed E-state index contributed by atoms with van der Waals surface area (Å²) in [4.78, 5) is 11.1. The lowest BCUT2D eigenvalue weighted by molar-refractivity contribution is 0.100. The van der Waals surface area contributed by atoms with Crippen LogP contribution < -0.4 is 11.5 Å². The van der Waals surface area contributed by atoms with Crippen molar-refractivity contribution in [1.29, 1.82) is 0 Å². The van der Waals surface area contributed by atoms with Gasteiger partial charge in [-0.1, -0.05) is 12.1 Å². The fourth-order valence-corrected chi connectivity index (χ4v) is 1.61. The molecule has 0 bridgehead atoms. The van der Waals surface area contributed by atoms with Gasteiger partial charge in [-0.25, -0.2) is 0 Å². The number of benzene rings is 1. The second kappa shape index (κ2) is 4.10. The number of carbonyl (C=O) groups excluding carboxylic acids is 1. The van der Waals surface area contributed by atoms with E-state index < -0.39 is 5.91 Å². The Balaban J connectivity index is 2.49. The highest BCUT2D eigenvalue weighted by molar-refractivity contribution is 6.01. The molecule has 0 fully saturated rings. The zero-order valence-corrected chi connectivity index (χ0v) is 8.64. The number of carbonyl (C=O) groups is 1. The highest BCUT2D eigenvalue weighted by Crippen LogP contribution is 2.26. The Morgan fingerprint density at radius 2 is 2.19 bits per heavy atom. The Morgan fingerprint density at radius 3 is 2.81 bits per heavy atom. The van der Waals surface area contributed by atoms with E-state index in [1.807, 2.05) is 12.1 Å². The number of hydrogen-bond acceptors (Lipinski definition) is 3. The van der Waals surface area contributed by atoms with Crippen molar-refractivity contribution in [3.05, 3.63) is 47.7 Å². The first-order chi connectivity index (χ1) is 7.70. The number of anilines is 1. The van der Waals surface area contributed by atoms with Crippen molar-refractivity contribution in [2.24, 2.45) is 5.73 Å². The van der Waals surface area contributed by atoms with Crippen molar-refractivity contribution in [3.8, 4) is 0 Å². The maximum atomic E-state index is 11.1. The Hall–Kier alpha value is -2.23. The number of amides is 1. The molecule has 0 spiro atoms. The molecule has 0 unspecified atom stereocenters. The molecule has 4 heteroatoms. The van der Waals surface area contributed by atoms with Crippen LogP contribution in [-0.2, 0) is 4.74 Å². The fourth-order valence-electron chi connectivity index (χ4n) is 1.61. The van der Waals surface area contributed by atoms with E-state index in [1.165, 1.54) is 0 Å². The quantitative estimate of drug-likeness (QED) is 0.731. The predicted molar refractivity (Wildman–Crippen MR) is 62.4 cm³/mol. The van der Waals surface area contributed by atoms with Crippen molar-refractivity contribution >= 4 is 17.2 Å². The van der Waals surface area contributed by atoms with Crippen molar-refractivity contribution in [3.63, 3.8) is 0 Å². The molecule has 4 nitrogen and oxygen atoms in total. The van der Waals surface area contributed by atoms with Crippen LogP contribution in [0.25, 0.3) is 5.57 Å². The SMILES string of the molecule is NC(=O)c1cccc(C2=CCOC=C2)c1N. The van der Waals surface area contributed by atoms with Crippen LogP contribution in [0.1, 0.15) is 15.9 Å². The van der Waals surface area contributed by atoms with Gasteiger partial charge in [-0.15, -0.1) is 0 Å². The van der Waals surface area contributed by atoms with Gasteiger partial charge in [-0.3, -0.25) is 4.79 Å². The molecule has 0 saturated carbocycles. The van der Waals surface area contributed by atoms with E-state index in [4.69, 9.17) is 16.2 Å². The number of nitrogens with two attached hydrogens (primary N) is 2. The molecule has 0 saturated heterocycles. The lowest BCUT2D eigenvalue weighted by atomic mass is 9.99. The number of hydrogen-bond donors (Lipinski definition) is 2. The molecule has 82 valence electrons. The molecule has 16 heavy (non-hydrogen) atoms. The van der Waals surface area contributed by atoms with E-state index >= 15 is 0 Å². The van der Waals surface area contributed by atoms with Crippen LogP contribution in [0.15, 0.2) is 36.6 Å². The summed E-state index contributed by atoms with van der Waals surface area (Å²) in [5.41, 5.74) is 13.6. The molecule has 1 aliphatic rings. The molecule has 1 amide bonds. The summed E-state index contributed by atoms with van der Waals surface area (Å²) >= 11 is 0. The second-order valence-corrected chi connectivity index (χ2v) is 3.43. The number of primary amides is 1. The second-order valence-electron chi connectivity index (χ2n) is 3.43. The van der Waals surface area contributed by atoms with Crippen molar-refractivity contribution in [2.75, 3.05) is 12.3 Å². The zero-order valence-electron chi connectivity index (χ0n) is 8.64. The van der Waals surface area contributed by atoms with Gasteiger partial charge in [-0.2, -0.15) is 0 Å². The normalized spacial score (nSPS) is 14.1. The van der Waals surface area contributed by atoms with Crippen molar-refractivity contribution < 1.29 is 9.53 Å². The molecular weight excluding hydrogens is 204 g/mol. The lowest BCUT2D eigenvalue weighted by Gasteiger charge is -2.12. The largest absolute Gasteiger partial charge is 0.497 e. The smallest absolute Gasteiger partial charge is 0.250 e. The van der Waals surface area contributed by atoms with E-state index in [0.717, 1.165) is 11.1 Å². The third kappa shape index (κ3) is 1.77. The van der Waals surface area contributed by atoms with Gasteiger partial charge in [0.05, 0.1) is 17.5 Å². The summed E-state index contributed by atoms with van der Waals surface area (Å²) < 4.78 is 5.05. The molecule has 4 N–H and O–H groups in total. The summed E-state index contributed by atoms with van der Waals surface area (Å²) in [6.45, 7) is 0.506. The summed E-state index contributed by atoms with van der Waals surface area (Å²) in [5, 5.41) is 0. The Kier molecular flexibility index (Phi) is 2.64. The maximum Gasteiger partial charge on any atom is 0.250 e.